The molecule has 0 aliphatic rings. The Morgan fingerprint density at radius 3 is 2.53 bits per heavy atom. The Kier molecular flexibility index (Phi) is 6.83. The van der Waals surface area contributed by atoms with Gasteiger partial charge in [-0.15, -0.1) is 6.58 Å². The van der Waals surface area contributed by atoms with Gasteiger partial charge >= 0.3 is 11.6 Å². The lowest BCUT2D eigenvalue weighted by Crippen LogP contribution is -2.28. The Morgan fingerprint density at radius 2 is 1.88 bits per heavy atom. The number of fused-ring (bicyclic) bond motifs is 1. The topological polar surface area (TPSA) is 119 Å². The molecule has 3 rings (SSSR count). The lowest BCUT2D eigenvalue weighted by Gasteiger charge is -2.06. The van der Waals surface area contributed by atoms with Crippen molar-refractivity contribution in [3.63, 3.8) is 0 Å². The summed E-state index contributed by atoms with van der Waals surface area (Å²) >= 11 is 0. The van der Waals surface area contributed by atoms with E-state index in [1.54, 1.807) is 24.3 Å². The van der Waals surface area contributed by atoms with Crippen LogP contribution in [-0.2, 0) is 4.79 Å². The van der Waals surface area contributed by atoms with E-state index < -0.39 is 17.5 Å². The van der Waals surface area contributed by atoms with Crippen molar-refractivity contribution in [3.8, 4) is 17.6 Å². The molecule has 1 heterocycles. The molecule has 32 heavy (non-hydrogen) atoms. The number of carbonyl (C=O) groups excluding carboxylic acids is 2. The number of hydrogen-bond acceptors (Lipinski definition) is 7. The molecule has 0 unspecified atom stereocenters. The van der Waals surface area contributed by atoms with Crippen molar-refractivity contribution < 1.29 is 23.5 Å². The monoisotopic (exact) mass is 430 g/mol. The van der Waals surface area contributed by atoms with Gasteiger partial charge in [-0.2, -0.15) is 5.26 Å². The molecule has 0 aliphatic carbocycles. The van der Waals surface area contributed by atoms with Crippen molar-refractivity contribution >= 4 is 28.9 Å². The Bertz CT molecular complexity index is 1310. The predicted molar refractivity (Wildman–Crippen MR) is 117 cm³/mol. The first-order valence-electron chi connectivity index (χ1n) is 9.40. The molecule has 0 bridgehead atoms. The molecule has 0 fully saturated rings. The van der Waals surface area contributed by atoms with Crippen LogP contribution in [0.2, 0.25) is 0 Å². The molecule has 160 valence electrons. The fourth-order valence-electron chi connectivity index (χ4n) is 2.74. The maximum absolute atomic E-state index is 12.4. The second-order valence-electron chi connectivity index (χ2n) is 6.48. The van der Waals surface area contributed by atoms with E-state index in [2.05, 4.69) is 11.9 Å². The smallest absolute Gasteiger partial charge is 0.354 e. The number of nitrogens with one attached hydrogen (secondary N) is 1. The number of nitrogens with zero attached hydrogens (tertiary/aromatic N) is 1. The Morgan fingerprint density at radius 1 is 1.16 bits per heavy atom. The number of hydrogen-bond donors (Lipinski definition) is 1. The van der Waals surface area contributed by atoms with E-state index in [9.17, 15) is 19.6 Å². The Hall–Kier alpha value is -4.64. The van der Waals surface area contributed by atoms with Crippen LogP contribution in [0.5, 0.6) is 11.5 Å². The minimum atomic E-state index is -0.870. The molecule has 0 saturated heterocycles. The molecule has 0 spiro atoms. The molecule has 0 saturated carbocycles. The quantitative estimate of drug-likeness (QED) is 0.153. The number of carbonyl (C=O) groups is 2. The van der Waals surface area contributed by atoms with Gasteiger partial charge in [0.2, 0.25) is 0 Å². The summed E-state index contributed by atoms with van der Waals surface area (Å²) < 4.78 is 15.5. The van der Waals surface area contributed by atoms with E-state index in [0.717, 1.165) is 0 Å². The van der Waals surface area contributed by atoms with E-state index in [-0.39, 0.29) is 29.0 Å². The van der Waals surface area contributed by atoms with E-state index >= 15 is 0 Å². The predicted octanol–water partition coefficient (Wildman–Crippen LogP) is 3.23. The zero-order valence-electron chi connectivity index (χ0n) is 17.1. The summed E-state index contributed by atoms with van der Waals surface area (Å²) in [6.45, 7) is 3.70. The van der Waals surface area contributed by atoms with Crippen LogP contribution in [0.1, 0.15) is 15.9 Å². The molecule has 0 radical (unpaired) electrons. The van der Waals surface area contributed by atoms with E-state index in [1.807, 2.05) is 6.07 Å². The molecule has 0 atom stereocenters. The zero-order valence-corrected chi connectivity index (χ0v) is 17.1. The van der Waals surface area contributed by atoms with Crippen LogP contribution in [0.15, 0.2) is 76.0 Å². The van der Waals surface area contributed by atoms with E-state index in [1.165, 1.54) is 43.5 Å². The van der Waals surface area contributed by atoms with Gasteiger partial charge in [-0.1, -0.05) is 18.2 Å². The van der Waals surface area contributed by atoms with Gasteiger partial charge in [0, 0.05) is 18.0 Å². The number of nitriles is 1. The van der Waals surface area contributed by atoms with Gasteiger partial charge < -0.3 is 19.2 Å². The third-order valence-corrected chi connectivity index (χ3v) is 4.34. The Balaban J connectivity index is 1.82. The second kappa shape index (κ2) is 9.91. The highest BCUT2D eigenvalue weighted by Crippen LogP contribution is 2.22. The number of rotatable bonds is 7. The van der Waals surface area contributed by atoms with Gasteiger partial charge in [0.15, 0.2) is 0 Å². The van der Waals surface area contributed by atoms with Crippen molar-refractivity contribution in [3.05, 3.63) is 88.3 Å². The summed E-state index contributed by atoms with van der Waals surface area (Å²) in [6.07, 6.45) is 2.87. The summed E-state index contributed by atoms with van der Waals surface area (Å²) in [5.41, 5.74) is -0.465. The van der Waals surface area contributed by atoms with Crippen molar-refractivity contribution in [2.45, 2.75) is 0 Å². The first-order chi connectivity index (χ1) is 15.4. The van der Waals surface area contributed by atoms with E-state index in [4.69, 9.17) is 13.9 Å². The van der Waals surface area contributed by atoms with Gasteiger partial charge in [-0.25, -0.2) is 9.59 Å². The highest BCUT2D eigenvalue weighted by Gasteiger charge is 2.16. The van der Waals surface area contributed by atoms with Gasteiger partial charge in [-0.05, 0) is 42.0 Å². The molecular weight excluding hydrogens is 412 g/mol. The molecule has 2 aromatic carbocycles. The highest BCUT2D eigenvalue weighted by atomic mass is 16.5. The number of ether oxygens (including phenoxy) is 2. The molecule has 1 amide bonds. The molecule has 3 aromatic rings. The van der Waals surface area contributed by atoms with Crippen LogP contribution in [0, 0.1) is 11.3 Å². The SMILES string of the molecule is C=CCNC(=O)c1cc2ccc(OC(=O)/C(C#N)=C/c3ccc(OC)cc3)cc2oc1=O. The number of methoxy groups -OCH3 is 1. The molecule has 1 aromatic heterocycles. The van der Waals surface area contributed by atoms with Crippen LogP contribution in [-0.4, -0.2) is 25.5 Å². The highest BCUT2D eigenvalue weighted by molar-refractivity contribution is 5.99. The summed E-state index contributed by atoms with van der Waals surface area (Å²) in [5.74, 6) is -0.739. The summed E-state index contributed by atoms with van der Waals surface area (Å²) in [7, 11) is 1.53. The maximum atomic E-state index is 12.4. The maximum Gasteiger partial charge on any atom is 0.354 e. The average Bonchev–Trinajstić information content (AvgIpc) is 2.80. The fraction of sp³-hybridized carbons (Fsp3) is 0.0833. The van der Waals surface area contributed by atoms with Gasteiger partial charge in [0.25, 0.3) is 5.91 Å². The normalized spacial score (nSPS) is 10.8. The molecule has 0 aliphatic heterocycles. The number of benzene rings is 2. The van der Waals surface area contributed by atoms with E-state index in [0.29, 0.717) is 16.7 Å². The first kappa shape index (κ1) is 22.1. The van der Waals surface area contributed by atoms with Crippen LogP contribution < -0.4 is 20.4 Å². The number of amides is 1. The third-order valence-electron chi connectivity index (χ3n) is 4.34. The van der Waals surface area contributed by atoms with Gasteiger partial charge in [-0.3, -0.25) is 4.79 Å². The summed E-state index contributed by atoms with van der Waals surface area (Å²) in [6, 6.07) is 14.3. The molecule has 1 N–H and O–H groups in total. The zero-order chi connectivity index (χ0) is 23.1. The van der Waals surface area contributed by atoms with Crippen LogP contribution >= 0.6 is 0 Å². The standard InChI is InChI=1S/C24H18N2O6/c1-3-10-26-22(27)20-12-16-6-9-19(13-21(16)32-24(20)29)31-23(28)17(14-25)11-15-4-7-18(30-2)8-5-15/h3-9,11-13H,1,10H2,2H3,(H,26,27)/b17-11+. The fourth-order valence-corrected chi connectivity index (χ4v) is 2.74. The van der Waals surface area contributed by atoms with Crippen LogP contribution in [0.3, 0.4) is 0 Å². The second-order valence-corrected chi connectivity index (χ2v) is 6.48. The molecule has 8 nitrogen and oxygen atoms in total. The van der Waals surface area contributed by atoms with Crippen molar-refractivity contribution in [1.82, 2.24) is 5.32 Å². The minimum absolute atomic E-state index is 0.0744. The molecule has 8 heteroatoms. The molecular formula is C24H18N2O6. The lowest BCUT2D eigenvalue weighted by molar-refractivity contribution is -0.129. The van der Waals surface area contributed by atoms with Crippen LogP contribution in [0.25, 0.3) is 17.0 Å². The Labute approximate surface area is 183 Å². The van der Waals surface area contributed by atoms with Crippen molar-refractivity contribution in [1.29, 1.82) is 5.26 Å². The largest absolute Gasteiger partial charge is 0.497 e. The van der Waals surface area contributed by atoms with Gasteiger partial charge in [0.1, 0.15) is 34.3 Å². The van der Waals surface area contributed by atoms with Crippen LogP contribution in [0.4, 0.5) is 0 Å². The summed E-state index contributed by atoms with van der Waals surface area (Å²) in [4.78, 5) is 36.6. The minimum Gasteiger partial charge on any atom is -0.497 e. The van der Waals surface area contributed by atoms with Gasteiger partial charge in [0.05, 0.1) is 7.11 Å². The van der Waals surface area contributed by atoms with Crippen molar-refractivity contribution in [2.24, 2.45) is 0 Å². The third kappa shape index (κ3) is 5.09. The summed E-state index contributed by atoms with van der Waals surface area (Å²) in [5, 5.41) is 12.3. The average molecular weight is 430 g/mol. The first-order valence-corrected chi connectivity index (χ1v) is 9.40. The van der Waals surface area contributed by atoms with Crippen molar-refractivity contribution in [2.75, 3.05) is 13.7 Å². The number of esters is 1. The lowest BCUT2D eigenvalue weighted by atomic mass is 10.1.